The van der Waals surface area contributed by atoms with Crippen molar-refractivity contribution < 1.29 is 0 Å². The van der Waals surface area contributed by atoms with Crippen LogP contribution in [0.2, 0.25) is 0 Å². The lowest BCUT2D eigenvalue weighted by molar-refractivity contribution is 0.966. The zero-order chi connectivity index (χ0) is 16.2. The van der Waals surface area contributed by atoms with E-state index in [0.29, 0.717) is 0 Å². The van der Waals surface area contributed by atoms with E-state index in [0.717, 1.165) is 11.4 Å². The minimum Gasteiger partial charge on any atom is -0.257 e. The molecule has 0 radical (unpaired) electrons. The van der Waals surface area contributed by atoms with Gasteiger partial charge in [-0.05, 0) is 35.9 Å². The van der Waals surface area contributed by atoms with E-state index in [4.69, 9.17) is 0 Å². The maximum Gasteiger partial charge on any atom is 0.0629 e. The first-order valence-corrected chi connectivity index (χ1v) is 8.06. The molecule has 3 aromatic carbocycles. The van der Waals surface area contributed by atoms with Gasteiger partial charge in [0, 0.05) is 18.0 Å². The first-order chi connectivity index (χ1) is 11.9. The summed E-state index contributed by atoms with van der Waals surface area (Å²) >= 11 is 0. The van der Waals surface area contributed by atoms with Crippen LogP contribution in [-0.4, -0.2) is 0 Å². The third-order valence-electron chi connectivity index (χ3n) is 4.04. The van der Waals surface area contributed by atoms with Crippen LogP contribution in [0.1, 0.15) is 5.56 Å². The Bertz CT molecular complexity index is 852. The summed E-state index contributed by atoms with van der Waals surface area (Å²) in [6, 6.07) is 31.2. The Hall–Kier alpha value is -3.26. The molecule has 0 aliphatic carbocycles. The van der Waals surface area contributed by atoms with Gasteiger partial charge in [-0.15, -0.1) is 0 Å². The summed E-state index contributed by atoms with van der Waals surface area (Å²) < 4.78 is 0. The molecular weight excluding hydrogens is 292 g/mol. The zero-order valence-electron chi connectivity index (χ0n) is 13.3. The van der Waals surface area contributed by atoms with Crippen LogP contribution in [0.4, 0.5) is 11.4 Å². The van der Waals surface area contributed by atoms with Crippen LogP contribution in [0.3, 0.4) is 0 Å². The Kier molecular flexibility index (Phi) is 3.86. The molecule has 116 valence electrons. The summed E-state index contributed by atoms with van der Waals surface area (Å²) in [6.07, 6.45) is 6.45. The maximum absolute atomic E-state index is 2.18. The monoisotopic (exact) mass is 310 g/mol. The summed E-state index contributed by atoms with van der Waals surface area (Å²) in [6.45, 7) is 0. The van der Waals surface area contributed by atoms with Crippen molar-refractivity contribution in [1.29, 1.82) is 0 Å². The van der Waals surface area contributed by atoms with E-state index in [9.17, 15) is 0 Å². The highest BCUT2D eigenvalue weighted by Crippen LogP contribution is 2.30. The quantitative estimate of drug-likeness (QED) is 0.632. The van der Waals surface area contributed by atoms with Gasteiger partial charge in [0.1, 0.15) is 0 Å². The van der Waals surface area contributed by atoms with Crippen LogP contribution in [0.15, 0.2) is 109 Å². The van der Waals surface area contributed by atoms with Gasteiger partial charge >= 0.3 is 0 Å². The highest BCUT2D eigenvalue weighted by Gasteiger charge is 2.17. The van der Waals surface area contributed by atoms with Gasteiger partial charge in [0.05, 0.1) is 11.4 Å². The van der Waals surface area contributed by atoms with E-state index in [1.54, 1.807) is 0 Å². The van der Waals surface area contributed by atoms with Crippen molar-refractivity contribution in [3.05, 3.63) is 115 Å². The molecule has 0 aromatic heterocycles. The second kappa shape index (κ2) is 6.47. The van der Waals surface area contributed by atoms with Crippen molar-refractivity contribution >= 4 is 16.9 Å². The smallest absolute Gasteiger partial charge is 0.0629 e. The number of hydrazine groups is 1. The molecule has 0 saturated carbocycles. The van der Waals surface area contributed by atoms with Gasteiger partial charge in [-0.2, -0.15) is 0 Å². The molecular formula is C22H18N2. The molecule has 0 amide bonds. The van der Waals surface area contributed by atoms with Crippen LogP contribution in [-0.2, 0) is 0 Å². The Balaban J connectivity index is 1.78. The standard InChI is InChI=1S/C22H18N2/c1-4-10-19(11-5-1)20-16-17-23(21-12-6-2-7-13-21)24(18-20)22-14-8-3-9-15-22/h1-18H. The summed E-state index contributed by atoms with van der Waals surface area (Å²) in [5.74, 6) is 0. The number of anilines is 2. The summed E-state index contributed by atoms with van der Waals surface area (Å²) in [4.78, 5) is 0. The normalized spacial score (nSPS) is 13.8. The number of hydrogen-bond donors (Lipinski definition) is 0. The van der Waals surface area contributed by atoms with E-state index in [1.807, 2.05) is 18.2 Å². The number of para-hydroxylation sites is 2. The summed E-state index contributed by atoms with van der Waals surface area (Å²) in [7, 11) is 0. The molecule has 0 fully saturated rings. The van der Waals surface area contributed by atoms with Crippen LogP contribution in [0.25, 0.3) is 5.57 Å². The van der Waals surface area contributed by atoms with Gasteiger partial charge in [-0.25, -0.2) is 0 Å². The molecule has 0 spiro atoms. The Morgan fingerprint density at radius 1 is 0.500 bits per heavy atom. The van der Waals surface area contributed by atoms with E-state index >= 15 is 0 Å². The van der Waals surface area contributed by atoms with Crippen molar-refractivity contribution in [2.45, 2.75) is 0 Å². The SMILES string of the molecule is C1=CN(c2ccccc2)N(c2ccccc2)C=C1c1ccccc1. The highest BCUT2D eigenvalue weighted by molar-refractivity contribution is 5.81. The lowest BCUT2D eigenvalue weighted by atomic mass is 10.1. The predicted molar refractivity (Wildman–Crippen MR) is 101 cm³/mol. The van der Waals surface area contributed by atoms with Crippen LogP contribution in [0, 0.1) is 0 Å². The molecule has 1 aliphatic rings. The van der Waals surface area contributed by atoms with Gasteiger partial charge in [-0.3, -0.25) is 10.0 Å². The van der Waals surface area contributed by atoms with Gasteiger partial charge in [-0.1, -0.05) is 66.7 Å². The second-order valence-electron chi connectivity index (χ2n) is 5.63. The molecule has 4 rings (SSSR count). The Labute approximate surface area is 142 Å². The largest absolute Gasteiger partial charge is 0.257 e. The van der Waals surface area contributed by atoms with E-state index < -0.39 is 0 Å². The van der Waals surface area contributed by atoms with Crippen molar-refractivity contribution in [3.8, 4) is 0 Å². The van der Waals surface area contributed by atoms with Gasteiger partial charge in [0.2, 0.25) is 0 Å². The van der Waals surface area contributed by atoms with Crippen molar-refractivity contribution in [3.63, 3.8) is 0 Å². The van der Waals surface area contributed by atoms with E-state index in [2.05, 4.69) is 101 Å². The van der Waals surface area contributed by atoms with Crippen molar-refractivity contribution in [2.75, 3.05) is 10.0 Å². The fraction of sp³-hybridized carbons (Fsp3) is 0. The average molecular weight is 310 g/mol. The first-order valence-electron chi connectivity index (χ1n) is 8.06. The fourth-order valence-electron chi connectivity index (χ4n) is 2.83. The molecule has 1 heterocycles. The predicted octanol–water partition coefficient (Wildman–Crippen LogP) is 5.48. The van der Waals surface area contributed by atoms with Crippen molar-refractivity contribution in [2.24, 2.45) is 0 Å². The van der Waals surface area contributed by atoms with Gasteiger partial charge in [0.15, 0.2) is 0 Å². The lowest BCUT2D eigenvalue weighted by Gasteiger charge is -2.36. The van der Waals surface area contributed by atoms with Gasteiger partial charge in [0.25, 0.3) is 0 Å². The molecule has 0 bridgehead atoms. The minimum atomic E-state index is 1.12. The van der Waals surface area contributed by atoms with Gasteiger partial charge < -0.3 is 0 Å². The number of allylic oxidation sites excluding steroid dienone is 2. The molecule has 1 aliphatic heterocycles. The molecule has 24 heavy (non-hydrogen) atoms. The summed E-state index contributed by atoms with van der Waals surface area (Å²) in [5, 5.41) is 4.33. The maximum atomic E-state index is 2.18. The molecule has 3 aromatic rings. The third-order valence-corrected chi connectivity index (χ3v) is 4.04. The number of rotatable bonds is 3. The average Bonchev–Trinajstić information content (AvgIpc) is 2.69. The van der Waals surface area contributed by atoms with Crippen LogP contribution in [0.5, 0.6) is 0 Å². The number of hydrogen-bond acceptors (Lipinski definition) is 2. The molecule has 2 heteroatoms. The Morgan fingerprint density at radius 3 is 1.58 bits per heavy atom. The van der Waals surface area contributed by atoms with E-state index in [-0.39, 0.29) is 0 Å². The Morgan fingerprint density at radius 2 is 1.00 bits per heavy atom. The van der Waals surface area contributed by atoms with Crippen LogP contribution < -0.4 is 10.0 Å². The second-order valence-corrected chi connectivity index (χ2v) is 5.63. The fourth-order valence-corrected chi connectivity index (χ4v) is 2.83. The third kappa shape index (κ3) is 2.82. The molecule has 0 unspecified atom stereocenters. The van der Waals surface area contributed by atoms with E-state index in [1.165, 1.54) is 11.1 Å². The molecule has 0 N–H and O–H groups in total. The molecule has 0 atom stereocenters. The molecule has 0 saturated heterocycles. The summed E-state index contributed by atoms with van der Waals surface area (Å²) in [5.41, 5.74) is 4.65. The van der Waals surface area contributed by atoms with Crippen LogP contribution >= 0.6 is 0 Å². The first kappa shape index (κ1) is 14.3. The highest BCUT2D eigenvalue weighted by atomic mass is 15.6. The number of benzene rings is 3. The lowest BCUT2D eigenvalue weighted by Crippen LogP contribution is -2.36. The topological polar surface area (TPSA) is 6.48 Å². The zero-order valence-corrected chi connectivity index (χ0v) is 13.3. The van der Waals surface area contributed by atoms with Crippen molar-refractivity contribution in [1.82, 2.24) is 0 Å². The minimum absolute atomic E-state index is 1.12. The number of nitrogens with zero attached hydrogens (tertiary/aromatic N) is 2. The molecule has 2 nitrogen and oxygen atoms in total.